The van der Waals surface area contributed by atoms with Crippen molar-refractivity contribution in [3.8, 4) is 6.07 Å². The molecule has 2 aromatic rings. The average Bonchev–Trinajstić information content (AvgIpc) is 2.87. The van der Waals surface area contributed by atoms with Crippen LogP contribution in [0.4, 0.5) is 0 Å². The molecule has 116 valence electrons. The lowest BCUT2D eigenvalue weighted by Gasteiger charge is -2.27. The summed E-state index contributed by atoms with van der Waals surface area (Å²) in [5.41, 5.74) is 5.27. The molecule has 1 unspecified atom stereocenters. The Labute approximate surface area is 144 Å². The highest BCUT2D eigenvalue weighted by Crippen LogP contribution is 2.46. The van der Waals surface area contributed by atoms with E-state index >= 15 is 0 Å². The highest BCUT2D eigenvalue weighted by Gasteiger charge is 2.40. The number of rotatable bonds is 1. The van der Waals surface area contributed by atoms with Gasteiger partial charge in [0.2, 0.25) is 0 Å². The largest absolute Gasteiger partial charge is 0.357 e. The van der Waals surface area contributed by atoms with Crippen molar-refractivity contribution in [2.24, 2.45) is 0 Å². The quantitative estimate of drug-likeness (QED) is 0.840. The number of hydrogen-bond acceptors (Lipinski definition) is 3. The van der Waals surface area contributed by atoms with Gasteiger partial charge in [-0.1, -0.05) is 48.0 Å². The molecule has 0 bridgehead atoms. The zero-order valence-electron chi connectivity index (χ0n) is 12.9. The van der Waals surface area contributed by atoms with Crippen LogP contribution in [0.25, 0.3) is 5.70 Å². The lowest BCUT2D eigenvalue weighted by molar-refractivity contribution is 0.103. The predicted octanol–water partition coefficient (Wildman–Crippen LogP) is 4.43. The first-order valence-electron chi connectivity index (χ1n) is 7.63. The Morgan fingerprint density at radius 3 is 2.42 bits per heavy atom. The van der Waals surface area contributed by atoms with Gasteiger partial charge in [-0.15, -0.1) is 0 Å². The van der Waals surface area contributed by atoms with Gasteiger partial charge in [0.1, 0.15) is 0 Å². The van der Waals surface area contributed by atoms with E-state index < -0.39 is 0 Å². The average molecular weight is 333 g/mol. The Bertz CT molecular complexity index is 977. The van der Waals surface area contributed by atoms with Crippen molar-refractivity contribution in [1.29, 1.82) is 5.26 Å². The van der Waals surface area contributed by atoms with Gasteiger partial charge >= 0.3 is 0 Å². The summed E-state index contributed by atoms with van der Waals surface area (Å²) in [6.45, 7) is 1.87. The number of ketones is 1. The van der Waals surface area contributed by atoms with Gasteiger partial charge in [-0.2, -0.15) is 5.26 Å². The standard InChI is InChI=1S/C20H13ClN2O/c1-11-16(10-22)17(12-6-8-13(21)9-7-12)18-19(23-11)14-4-2-3-5-15(14)20(18)24/h2-9,17,23H,1H3. The fourth-order valence-corrected chi connectivity index (χ4v) is 3.59. The smallest absolute Gasteiger partial charge is 0.192 e. The predicted molar refractivity (Wildman–Crippen MR) is 93.3 cm³/mol. The fourth-order valence-electron chi connectivity index (χ4n) is 3.47. The van der Waals surface area contributed by atoms with Crippen LogP contribution < -0.4 is 5.32 Å². The molecule has 1 heterocycles. The number of allylic oxidation sites excluding steroid dienone is 3. The van der Waals surface area contributed by atoms with E-state index in [1.54, 1.807) is 12.1 Å². The lowest BCUT2D eigenvalue weighted by atomic mass is 9.80. The molecule has 0 saturated heterocycles. The first-order chi connectivity index (χ1) is 11.6. The fraction of sp³-hybridized carbons (Fsp3) is 0.100. The molecule has 0 fully saturated rings. The summed E-state index contributed by atoms with van der Waals surface area (Å²) in [4.78, 5) is 13.0. The number of nitrogens with zero attached hydrogens (tertiary/aromatic N) is 1. The summed E-state index contributed by atoms with van der Waals surface area (Å²) in [6, 6.07) is 17.2. The molecule has 3 nitrogen and oxygen atoms in total. The number of nitriles is 1. The Balaban J connectivity index is 1.95. The van der Waals surface area contributed by atoms with Gasteiger partial charge in [0, 0.05) is 27.4 Å². The van der Waals surface area contributed by atoms with Crippen LogP contribution in [0.1, 0.15) is 34.3 Å². The number of nitrogens with one attached hydrogen (secondary N) is 1. The van der Waals surface area contributed by atoms with E-state index in [9.17, 15) is 10.1 Å². The van der Waals surface area contributed by atoms with E-state index in [2.05, 4.69) is 11.4 Å². The van der Waals surface area contributed by atoms with Crippen molar-refractivity contribution < 1.29 is 4.79 Å². The van der Waals surface area contributed by atoms with Crippen LogP contribution in [0, 0.1) is 11.3 Å². The number of dihydropyridines is 1. The molecule has 0 saturated carbocycles. The number of carbonyl (C=O) groups is 1. The van der Waals surface area contributed by atoms with Gasteiger partial charge < -0.3 is 5.32 Å². The molecule has 4 heteroatoms. The SMILES string of the molecule is CC1=C(C#N)C(c2ccc(Cl)cc2)C2=C(N1)c1ccccc1C2=O. The summed E-state index contributed by atoms with van der Waals surface area (Å²) in [7, 11) is 0. The molecule has 1 atom stereocenters. The molecule has 2 aromatic carbocycles. The lowest BCUT2D eigenvalue weighted by Crippen LogP contribution is -2.24. The molecule has 0 radical (unpaired) electrons. The third kappa shape index (κ3) is 2.01. The van der Waals surface area contributed by atoms with Crippen molar-refractivity contribution in [3.63, 3.8) is 0 Å². The first kappa shape index (κ1) is 14.7. The minimum absolute atomic E-state index is 0.0201. The van der Waals surface area contributed by atoms with E-state index in [0.717, 1.165) is 22.5 Å². The number of fused-ring (bicyclic) bond motifs is 2. The van der Waals surface area contributed by atoms with E-state index in [0.29, 0.717) is 21.7 Å². The second kappa shape index (κ2) is 5.36. The first-order valence-corrected chi connectivity index (χ1v) is 8.01. The minimum atomic E-state index is -0.372. The van der Waals surface area contributed by atoms with Crippen LogP contribution in [0.15, 0.2) is 65.4 Å². The maximum Gasteiger partial charge on any atom is 0.192 e. The minimum Gasteiger partial charge on any atom is -0.357 e. The van der Waals surface area contributed by atoms with Crippen LogP contribution in [0.5, 0.6) is 0 Å². The summed E-state index contributed by atoms with van der Waals surface area (Å²) < 4.78 is 0. The molecule has 0 spiro atoms. The second-order valence-corrected chi connectivity index (χ2v) is 6.36. The van der Waals surface area contributed by atoms with Gasteiger partial charge in [0.05, 0.1) is 23.3 Å². The molecule has 0 aromatic heterocycles. The van der Waals surface area contributed by atoms with Crippen LogP contribution in [-0.2, 0) is 0 Å². The van der Waals surface area contributed by atoms with Gasteiger partial charge in [0.15, 0.2) is 5.78 Å². The zero-order valence-corrected chi connectivity index (χ0v) is 13.7. The summed E-state index contributed by atoms with van der Waals surface area (Å²) in [5.74, 6) is -0.392. The molecule has 1 aliphatic carbocycles. The second-order valence-electron chi connectivity index (χ2n) is 5.92. The summed E-state index contributed by atoms with van der Waals surface area (Å²) in [6.07, 6.45) is 0. The van der Waals surface area contributed by atoms with Crippen molar-refractivity contribution in [2.45, 2.75) is 12.8 Å². The maximum atomic E-state index is 13.0. The third-order valence-corrected chi connectivity index (χ3v) is 4.82. The monoisotopic (exact) mass is 332 g/mol. The normalized spacial score (nSPS) is 18.9. The van der Waals surface area contributed by atoms with Gasteiger partial charge in [0.25, 0.3) is 0 Å². The Morgan fingerprint density at radius 2 is 1.75 bits per heavy atom. The highest BCUT2D eigenvalue weighted by atomic mass is 35.5. The van der Waals surface area contributed by atoms with Crippen molar-refractivity contribution in [1.82, 2.24) is 5.32 Å². The van der Waals surface area contributed by atoms with Crippen LogP contribution in [-0.4, -0.2) is 5.78 Å². The molecule has 4 rings (SSSR count). The van der Waals surface area contributed by atoms with E-state index in [-0.39, 0.29) is 11.7 Å². The molecular formula is C20H13ClN2O. The highest BCUT2D eigenvalue weighted by molar-refractivity contribution is 6.30. The molecule has 1 aliphatic heterocycles. The number of carbonyl (C=O) groups excluding carboxylic acids is 1. The summed E-state index contributed by atoms with van der Waals surface area (Å²) in [5, 5.41) is 13.6. The van der Waals surface area contributed by atoms with Crippen LogP contribution >= 0.6 is 11.6 Å². The molecular weight excluding hydrogens is 320 g/mol. The topological polar surface area (TPSA) is 52.9 Å². The van der Waals surface area contributed by atoms with Crippen molar-refractivity contribution in [2.75, 3.05) is 0 Å². The van der Waals surface area contributed by atoms with Crippen molar-refractivity contribution >= 4 is 23.1 Å². The Kier molecular flexibility index (Phi) is 3.30. The zero-order chi connectivity index (χ0) is 16.8. The van der Waals surface area contributed by atoms with Gasteiger partial charge in [-0.05, 0) is 24.6 Å². The van der Waals surface area contributed by atoms with E-state index in [4.69, 9.17) is 11.6 Å². The van der Waals surface area contributed by atoms with Crippen LogP contribution in [0.3, 0.4) is 0 Å². The van der Waals surface area contributed by atoms with Gasteiger partial charge in [-0.25, -0.2) is 0 Å². The number of Topliss-reactive ketones (excluding diaryl/α,β-unsaturated/α-hetero) is 1. The Morgan fingerprint density at radius 1 is 1.08 bits per heavy atom. The molecule has 2 aliphatic rings. The molecule has 1 N–H and O–H groups in total. The number of benzene rings is 2. The third-order valence-electron chi connectivity index (χ3n) is 4.57. The molecule has 24 heavy (non-hydrogen) atoms. The number of hydrogen-bond donors (Lipinski definition) is 1. The number of halogens is 1. The van der Waals surface area contributed by atoms with Gasteiger partial charge in [-0.3, -0.25) is 4.79 Å². The maximum absolute atomic E-state index is 13.0. The Hall–Kier alpha value is -2.83. The van der Waals surface area contributed by atoms with Crippen molar-refractivity contribution in [3.05, 3.63) is 87.1 Å². The van der Waals surface area contributed by atoms with E-state index in [1.165, 1.54) is 0 Å². The van der Waals surface area contributed by atoms with E-state index in [1.807, 2.05) is 43.3 Å². The van der Waals surface area contributed by atoms with Crippen LogP contribution in [0.2, 0.25) is 5.02 Å². The summed E-state index contributed by atoms with van der Waals surface area (Å²) >= 11 is 5.99. The molecule has 0 amide bonds.